The molecular weight excluding hydrogens is 244 g/mol. The fourth-order valence-corrected chi connectivity index (χ4v) is 2.27. The largest absolute Gasteiger partial charge is 0.359 e. The van der Waals surface area contributed by atoms with Crippen molar-refractivity contribution in [1.82, 2.24) is 10.1 Å². The van der Waals surface area contributed by atoms with E-state index in [2.05, 4.69) is 5.16 Å². The number of imide groups is 1. The quantitative estimate of drug-likeness (QED) is 0.774. The number of carbonyl (C=O) groups is 2. The number of rotatable bonds is 2. The zero-order valence-corrected chi connectivity index (χ0v) is 10.6. The van der Waals surface area contributed by atoms with Gasteiger partial charge in [-0.05, 0) is 26.0 Å². The molecule has 2 heterocycles. The molecule has 1 unspecified atom stereocenters. The lowest BCUT2D eigenvalue weighted by atomic mass is 10.1. The predicted octanol–water partition coefficient (Wildman–Crippen LogP) is 2.34. The Labute approximate surface area is 109 Å². The van der Waals surface area contributed by atoms with Crippen LogP contribution in [0.25, 0.3) is 0 Å². The smallest absolute Gasteiger partial charge is 0.262 e. The highest BCUT2D eigenvalue weighted by molar-refractivity contribution is 6.21. The molecule has 1 aliphatic heterocycles. The van der Waals surface area contributed by atoms with Crippen LogP contribution in [0.2, 0.25) is 0 Å². The normalized spacial score (nSPS) is 15.8. The van der Waals surface area contributed by atoms with Crippen molar-refractivity contribution < 1.29 is 14.1 Å². The van der Waals surface area contributed by atoms with Crippen molar-refractivity contribution in [3.8, 4) is 0 Å². The van der Waals surface area contributed by atoms with E-state index in [1.54, 1.807) is 44.2 Å². The third kappa shape index (κ3) is 1.66. The molecule has 2 aromatic rings. The van der Waals surface area contributed by atoms with Crippen LogP contribution in [-0.4, -0.2) is 21.9 Å². The highest BCUT2D eigenvalue weighted by Gasteiger charge is 2.39. The molecule has 1 aromatic heterocycles. The summed E-state index contributed by atoms with van der Waals surface area (Å²) in [5.41, 5.74) is 1.60. The number of hydrogen-bond acceptors (Lipinski definition) is 4. The van der Waals surface area contributed by atoms with Gasteiger partial charge in [0.1, 0.15) is 0 Å². The molecule has 0 saturated heterocycles. The summed E-state index contributed by atoms with van der Waals surface area (Å²) in [5.74, 6) is -0.0729. The minimum atomic E-state index is -0.464. The monoisotopic (exact) mass is 256 g/mol. The summed E-state index contributed by atoms with van der Waals surface area (Å²) < 4.78 is 5.14. The molecule has 5 nitrogen and oxygen atoms in total. The molecular formula is C14H12N2O3. The molecule has 0 aliphatic carbocycles. The minimum absolute atomic E-state index is 0.290. The van der Waals surface area contributed by atoms with Gasteiger partial charge in [0.25, 0.3) is 11.8 Å². The van der Waals surface area contributed by atoms with Gasteiger partial charge >= 0.3 is 0 Å². The lowest BCUT2D eigenvalue weighted by Crippen LogP contribution is -2.32. The van der Waals surface area contributed by atoms with Gasteiger partial charge in [0.2, 0.25) is 0 Å². The molecule has 0 spiro atoms. The summed E-state index contributed by atoms with van der Waals surface area (Å²) >= 11 is 0. The van der Waals surface area contributed by atoms with Crippen LogP contribution in [0, 0.1) is 6.92 Å². The maximum absolute atomic E-state index is 12.3. The fourth-order valence-electron chi connectivity index (χ4n) is 2.27. The maximum atomic E-state index is 12.3. The molecule has 1 aromatic carbocycles. The number of fused-ring (bicyclic) bond motifs is 1. The molecule has 0 N–H and O–H groups in total. The van der Waals surface area contributed by atoms with E-state index in [0.29, 0.717) is 16.9 Å². The Hall–Kier alpha value is -2.43. The van der Waals surface area contributed by atoms with E-state index in [1.165, 1.54) is 4.90 Å². The molecule has 19 heavy (non-hydrogen) atoms. The van der Waals surface area contributed by atoms with Gasteiger partial charge in [-0.2, -0.15) is 0 Å². The van der Waals surface area contributed by atoms with Crippen LogP contribution < -0.4 is 0 Å². The number of aryl methyl sites for hydroxylation is 1. The first-order chi connectivity index (χ1) is 9.09. The summed E-state index contributed by atoms with van der Waals surface area (Å²) in [7, 11) is 0. The Morgan fingerprint density at radius 2 is 1.74 bits per heavy atom. The lowest BCUT2D eigenvalue weighted by molar-refractivity contribution is 0.0573. The summed E-state index contributed by atoms with van der Waals surface area (Å²) in [6, 6.07) is 8.08. The van der Waals surface area contributed by atoms with Crippen LogP contribution in [0.15, 0.2) is 34.9 Å². The molecule has 0 fully saturated rings. The van der Waals surface area contributed by atoms with Gasteiger partial charge in [-0.25, -0.2) is 0 Å². The molecule has 0 radical (unpaired) electrons. The third-order valence-corrected chi connectivity index (χ3v) is 3.27. The van der Waals surface area contributed by atoms with E-state index in [1.807, 2.05) is 0 Å². The van der Waals surface area contributed by atoms with Crippen LogP contribution in [0.4, 0.5) is 0 Å². The average Bonchev–Trinajstić information content (AvgIpc) is 2.94. The fraction of sp³-hybridized carbons (Fsp3) is 0.214. The average molecular weight is 256 g/mol. The molecule has 5 heteroatoms. The van der Waals surface area contributed by atoms with Crippen molar-refractivity contribution in [2.75, 3.05) is 0 Å². The first kappa shape index (κ1) is 11.6. The zero-order chi connectivity index (χ0) is 13.6. The molecule has 0 saturated carbocycles. The van der Waals surface area contributed by atoms with Crippen LogP contribution in [0.1, 0.15) is 45.1 Å². The topological polar surface area (TPSA) is 63.4 Å². The summed E-state index contributed by atoms with van der Waals surface area (Å²) in [6.07, 6.45) is 0. The highest BCUT2D eigenvalue weighted by atomic mass is 16.5. The van der Waals surface area contributed by atoms with E-state index >= 15 is 0 Å². The second-order valence-electron chi connectivity index (χ2n) is 4.57. The van der Waals surface area contributed by atoms with Crippen LogP contribution in [0.3, 0.4) is 0 Å². The molecule has 0 bridgehead atoms. The van der Waals surface area contributed by atoms with Gasteiger partial charge < -0.3 is 4.52 Å². The van der Waals surface area contributed by atoms with E-state index in [0.717, 1.165) is 5.69 Å². The predicted molar refractivity (Wildman–Crippen MR) is 66.6 cm³/mol. The Bertz CT molecular complexity index is 640. The summed E-state index contributed by atoms with van der Waals surface area (Å²) in [6.45, 7) is 3.55. The van der Waals surface area contributed by atoms with Gasteiger partial charge in [-0.1, -0.05) is 17.3 Å². The second-order valence-corrected chi connectivity index (χ2v) is 4.57. The van der Waals surface area contributed by atoms with E-state index in [-0.39, 0.29) is 11.8 Å². The number of carbonyl (C=O) groups excluding carboxylic acids is 2. The zero-order valence-electron chi connectivity index (χ0n) is 10.6. The Morgan fingerprint density at radius 3 is 2.21 bits per heavy atom. The Morgan fingerprint density at radius 1 is 1.16 bits per heavy atom. The number of benzene rings is 1. The van der Waals surface area contributed by atoms with E-state index in [9.17, 15) is 9.59 Å². The van der Waals surface area contributed by atoms with Gasteiger partial charge in [0.15, 0.2) is 5.76 Å². The van der Waals surface area contributed by atoms with Gasteiger partial charge in [0.05, 0.1) is 22.9 Å². The Kier molecular flexibility index (Phi) is 2.48. The first-order valence-electron chi connectivity index (χ1n) is 5.99. The van der Waals surface area contributed by atoms with E-state index in [4.69, 9.17) is 4.52 Å². The van der Waals surface area contributed by atoms with Crippen molar-refractivity contribution in [2.24, 2.45) is 0 Å². The Balaban J connectivity index is 2.00. The molecule has 1 aliphatic rings. The minimum Gasteiger partial charge on any atom is -0.359 e. The lowest BCUT2D eigenvalue weighted by Gasteiger charge is -2.19. The number of aromatic nitrogens is 1. The van der Waals surface area contributed by atoms with Crippen LogP contribution in [-0.2, 0) is 0 Å². The highest BCUT2D eigenvalue weighted by Crippen LogP contribution is 2.31. The third-order valence-electron chi connectivity index (χ3n) is 3.27. The SMILES string of the molecule is Cc1cc(C(C)N2C(=O)c3ccccc3C2=O)on1. The van der Waals surface area contributed by atoms with Crippen molar-refractivity contribution in [2.45, 2.75) is 19.9 Å². The molecule has 1 atom stereocenters. The van der Waals surface area contributed by atoms with Gasteiger partial charge in [-0.15, -0.1) is 0 Å². The van der Waals surface area contributed by atoms with Crippen molar-refractivity contribution in [1.29, 1.82) is 0 Å². The van der Waals surface area contributed by atoms with Crippen molar-refractivity contribution in [3.63, 3.8) is 0 Å². The van der Waals surface area contributed by atoms with Crippen LogP contribution >= 0.6 is 0 Å². The first-order valence-corrected chi connectivity index (χ1v) is 5.99. The molecule has 2 amide bonds. The number of nitrogens with zero attached hydrogens (tertiary/aromatic N) is 2. The summed E-state index contributed by atoms with van der Waals surface area (Å²) in [5, 5.41) is 3.78. The maximum Gasteiger partial charge on any atom is 0.262 e. The van der Waals surface area contributed by atoms with Crippen molar-refractivity contribution >= 4 is 11.8 Å². The van der Waals surface area contributed by atoms with Crippen molar-refractivity contribution in [3.05, 3.63) is 52.9 Å². The van der Waals surface area contributed by atoms with Gasteiger partial charge in [0, 0.05) is 6.07 Å². The van der Waals surface area contributed by atoms with Crippen LogP contribution in [0.5, 0.6) is 0 Å². The van der Waals surface area contributed by atoms with Gasteiger partial charge in [-0.3, -0.25) is 14.5 Å². The molecule has 96 valence electrons. The number of hydrogen-bond donors (Lipinski definition) is 0. The molecule has 3 rings (SSSR count). The van der Waals surface area contributed by atoms with E-state index < -0.39 is 6.04 Å². The number of amides is 2. The standard InChI is InChI=1S/C14H12N2O3/c1-8-7-12(19-15-8)9(2)16-13(17)10-5-3-4-6-11(10)14(16)18/h3-7,9H,1-2H3. The summed E-state index contributed by atoms with van der Waals surface area (Å²) in [4.78, 5) is 25.8. The second kappa shape index (κ2) is 4.05.